The maximum atomic E-state index is 5.93. The van der Waals surface area contributed by atoms with E-state index in [9.17, 15) is 0 Å². The number of halogens is 1. The molecule has 0 radical (unpaired) electrons. The topological polar surface area (TPSA) is 43.8 Å². The van der Waals surface area contributed by atoms with Crippen LogP contribution >= 0.6 is 12.4 Å². The molecule has 0 bridgehead atoms. The van der Waals surface area contributed by atoms with Gasteiger partial charge in [0.15, 0.2) is 0 Å². The fourth-order valence-electron chi connectivity index (χ4n) is 1.93. The summed E-state index contributed by atoms with van der Waals surface area (Å²) in [6, 6.07) is 8.52. The summed E-state index contributed by atoms with van der Waals surface area (Å²) in [6.45, 7) is 6.28. The minimum absolute atomic E-state index is 0. The van der Waals surface area contributed by atoms with Gasteiger partial charge in [-0.1, -0.05) is 12.1 Å². The summed E-state index contributed by atoms with van der Waals surface area (Å²) in [5.74, 6) is 0.964. The molecule has 0 amide bonds. The van der Waals surface area contributed by atoms with Crippen molar-refractivity contribution in [2.75, 3.05) is 0 Å². The van der Waals surface area contributed by atoms with E-state index >= 15 is 0 Å². The van der Waals surface area contributed by atoms with E-state index in [0.29, 0.717) is 6.04 Å². The molecule has 2 rings (SSSR count). The van der Waals surface area contributed by atoms with Crippen molar-refractivity contribution >= 4 is 23.4 Å². The van der Waals surface area contributed by atoms with Crippen LogP contribution in [0.15, 0.2) is 24.3 Å². The number of nitrogens with two attached hydrogens (primary N) is 1. The number of para-hydroxylation sites is 2. The molecule has 88 valence electrons. The van der Waals surface area contributed by atoms with Gasteiger partial charge in [0, 0.05) is 6.04 Å². The first kappa shape index (κ1) is 13.0. The summed E-state index contributed by atoms with van der Waals surface area (Å²) in [6.07, 6.45) is 0. The first-order chi connectivity index (χ1) is 7.11. The molecule has 0 unspecified atom stereocenters. The first-order valence-electron chi connectivity index (χ1n) is 5.33. The molecule has 0 aliphatic heterocycles. The third-order valence-corrected chi connectivity index (χ3v) is 2.55. The molecular weight excluding hydrogens is 222 g/mol. The van der Waals surface area contributed by atoms with Crippen molar-refractivity contribution in [1.29, 1.82) is 0 Å². The number of imidazole rings is 1. The number of fused-ring (bicyclic) bond motifs is 1. The molecule has 2 aromatic rings. The zero-order valence-corrected chi connectivity index (χ0v) is 10.7. The number of hydrogen-bond acceptors (Lipinski definition) is 2. The van der Waals surface area contributed by atoms with Gasteiger partial charge in [-0.2, -0.15) is 0 Å². The van der Waals surface area contributed by atoms with Crippen molar-refractivity contribution in [3.63, 3.8) is 0 Å². The van der Waals surface area contributed by atoms with Crippen molar-refractivity contribution in [1.82, 2.24) is 9.55 Å². The lowest BCUT2D eigenvalue weighted by molar-refractivity contribution is 0.558. The minimum Gasteiger partial charge on any atom is -0.324 e. The Morgan fingerprint density at radius 3 is 2.38 bits per heavy atom. The standard InChI is InChI=1S/C12H17N3.ClH/c1-8(2)15-11-7-5-4-6-10(11)14-12(15)9(3)13;/h4-9H,13H2,1-3H3;1H/t9-;/m1./s1. The van der Waals surface area contributed by atoms with Gasteiger partial charge in [0.25, 0.3) is 0 Å². The zero-order valence-electron chi connectivity index (χ0n) is 9.84. The SMILES string of the molecule is CC(C)n1c([C@@H](C)N)nc2ccccc21.Cl. The third kappa shape index (κ3) is 2.06. The Morgan fingerprint density at radius 1 is 1.19 bits per heavy atom. The Hall–Kier alpha value is -1.06. The van der Waals surface area contributed by atoms with Gasteiger partial charge in [0.2, 0.25) is 0 Å². The van der Waals surface area contributed by atoms with Crippen LogP contribution in [0.1, 0.15) is 38.7 Å². The van der Waals surface area contributed by atoms with Gasteiger partial charge in [-0.15, -0.1) is 12.4 Å². The van der Waals surface area contributed by atoms with E-state index in [4.69, 9.17) is 5.73 Å². The van der Waals surface area contributed by atoms with E-state index in [0.717, 1.165) is 11.3 Å². The zero-order chi connectivity index (χ0) is 11.0. The van der Waals surface area contributed by atoms with Crippen LogP contribution in [0.25, 0.3) is 11.0 Å². The third-order valence-electron chi connectivity index (χ3n) is 2.55. The van der Waals surface area contributed by atoms with Crippen LogP contribution in [0.5, 0.6) is 0 Å². The second-order valence-electron chi connectivity index (χ2n) is 4.21. The van der Waals surface area contributed by atoms with Gasteiger partial charge >= 0.3 is 0 Å². The van der Waals surface area contributed by atoms with Crippen LogP contribution in [0.3, 0.4) is 0 Å². The molecule has 0 aliphatic rings. The van der Waals surface area contributed by atoms with Crippen molar-refractivity contribution in [3.05, 3.63) is 30.1 Å². The molecular formula is C12H18ClN3. The summed E-state index contributed by atoms with van der Waals surface area (Å²) in [5.41, 5.74) is 8.13. The molecule has 3 nitrogen and oxygen atoms in total. The number of rotatable bonds is 2. The molecule has 0 fully saturated rings. The van der Waals surface area contributed by atoms with Crippen molar-refractivity contribution < 1.29 is 0 Å². The Kier molecular flexibility index (Phi) is 3.94. The van der Waals surface area contributed by atoms with Crippen LogP contribution < -0.4 is 5.73 Å². The molecule has 0 saturated heterocycles. The van der Waals surface area contributed by atoms with Crippen LogP contribution in [0.2, 0.25) is 0 Å². The van der Waals surface area contributed by atoms with Crippen LogP contribution in [0.4, 0.5) is 0 Å². The summed E-state index contributed by atoms with van der Waals surface area (Å²) in [4.78, 5) is 4.57. The van der Waals surface area contributed by atoms with Gasteiger partial charge in [-0.3, -0.25) is 0 Å². The van der Waals surface area contributed by atoms with Crippen molar-refractivity contribution in [2.24, 2.45) is 5.73 Å². The van der Waals surface area contributed by atoms with Gasteiger partial charge < -0.3 is 10.3 Å². The molecule has 4 heteroatoms. The summed E-state index contributed by atoms with van der Waals surface area (Å²) >= 11 is 0. The number of nitrogens with zero attached hydrogens (tertiary/aromatic N) is 2. The molecule has 16 heavy (non-hydrogen) atoms. The second kappa shape index (κ2) is 4.85. The molecule has 0 aliphatic carbocycles. The summed E-state index contributed by atoms with van der Waals surface area (Å²) in [5, 5.41) is 0. The first-order valence-corrected chi connectivity index (χ1v) is 5.33. The fourth-order valence-corrected chi connectivity index (χ4v) is 1.93. The van der Waals surface area contributed by atoms with E-state index in [1.807, 2.05) is 25.1 Å². The van der Waals surface area contributed by atoms with Crippen molar-refractivity contribution in [2.45, 2.75) is 32.9 Å². The highest BCUT2D eigenvalue weighted by atomic mass is 35.5. The maximum absolute atomic E-state index is 5.93. The highest BCUT2D eigenvalue weighted by Crippen LogP contribution is 2.23. The van der Waals surface area contributed by atoms with Crippen LogP contribution in [0, 0.1) is 0 Å². The highest BCUT2D eigenvalue weighted by Gasteiger charge is 2.15. The number of aromatic nitrogens is 2. The van der Waals surface area contributed by atoms with Gasteiger partial charge in [-0.25, -0.2) is 4.98 Å². The van der Waals surface area contributed by atoms with E-state index in [-0.39, 0.29) is 18.4 Å². The fraction of sp³-hybridized carbons (Fsp3) is 0.417. The smallest absolute Gasteiger partial charge is 0.126 e. The maximum Gasteiger partial charge on any atom is 0.126 e. The summed E-state index contributed by atoms with van der Waals surface area (Å²) in [7, 11) is 0. The molecule has 0 spiro atoms. The highest BCUT2D eigenvalue weighted by molar-refractivity contribution is 5.85. The lowest BCUT2D eigenvalue weighted by atomic mass is 10.2. The van der Waals surface area contributed by atoms with Gasteiger partial charge in [-0.05, 0) is 32.9 Å². The van der Waals surface area contributed by atoms with E-state index < -0.39 is 0 Å². The second-order valence-corrected chi connectivity index (χ2v) is 4.21. The Balaban J connectivity index is 0.00000128. The monoisotopic (exact) mass is 239 g/mol. The molecule has 0 saturated carbocycles. The number of hydrogen-bond donors (Lipinski definition) is 1. The Morgan fingerprint density at radius 2 is 1.81 bits per heavy atom. The minimum atomic E-state index is -0.0280. The quantitative estimate of drug-likeness (QED) is 0.876. The van der Waals surface area contributed by atoms with Gasteiger partial charge in [0.05, 0.1) is 17.1 Å². The Bertz CT molecular complexity index is 474. The van der Waals surface area contributed by atoms with E-state index in [1.165, 1.54) is 5.52 Å². The molecule has 1 aromatic heterocycles. The average molecular weight is 240 g/mol. The lowest BCUT2D eigenvalue weighted by Gasteiger charge is -2.14. The van der Waals surface area contributed by atoms with Crippen LogP contribution in [-0.4, -0.2) is 9.55 Å². The van der Waals surface area contributed by atoms with Crippen LogP contribution in [-0.2, 0) is 0 Å². The summed E-state index contributed by atoms with van der Waals surface area (Å²) < 4.78 is 2.21. The van der Waals surface area contributed by atoms with E-state index in [2.05, 4.69) is 29.5 Å². The molecule has 1 atom stereocenters. The van der Waals surface area contributed by atoms with E-state index in [1.54, 1.807) is 0 Å². The molecule has 2 N–H and O–H groups in total. The van der Waals surface area contributed by atoms with Crippen molar-refractivity contribution in [3.8, 4) is 0 Å². The number of benzene rings is 1. The average Bonchev–Trinajstić information content (AvgIpc) is 2.56. The van der Waals surface area contributed by atoms with Gasteiger partial charge in [0.1, 0.15) is 5.82 Å². The largest absolute Gasteiger partial charge is 0.324 e. The molecule has 1 heterocycles. The predicted octanol–water partition coefficient (Wildman–Crippen LogP) is 3.06. The lowest BCUT2D eigenvalue weighted by Crippen LogP contribution is -2.14. The normalized spacial score (nSPS) is 12.8. The predicted molar refractivity (Wildman–Crippen MR) is 70.0 cm³/mol. The Labute approximate surface area is 102 Å². The molecule has 1 aromatic carbocycles.